The molecule has 0 unspecified atom stereocenters. The predicted octanol–water partition coefficient (Wildman–Crippen LogP) is 4.70. The van der Waals surface area contributed by atoms with Gasteiger partial charge in [-0.1, -0.05) is 48.3 Å². The molecule has 1 aliphatic rings. The summed E-state index contributed by atoms with van der Waals surface area (Å²) in [6.07, 6.45) is 5.02. The third-order valence-electron chi connectivity index (χ3n) is 6.24. The number of amides is 1. The van der Waals surface area contributed by atoms with Gasteiger partial charge in [0.25, 0.3) is 5.91 Å². The number of hydrogen-bond donors (Lipinski definition) is 0. The van der Waals surface area contributed by atoms with E-state index in [9.17, 15) is 13.2 Å². The van der Waals surface area contributed by atoms with Gasteiger partial charge in [0.2, 0.25) is 10.0 Å². The van der Waals surface area contributed by atoms with Gasteiger partial charge in [-0.3, -0.25) is 4.79 Å². The topological polar surface area (TPSA) is 81.0 Å². The SMILES string of the molecule is COCCn1c(=NC(=O)c2ccc(S(=O)(=O)N(C)C3CCCCC3)cc2)sc2cccc(Cl)c21. The van der Waals surface area contributed by atoms with E-state index in [-0.39, 0.29) is 10.9 Å². The molecule has 182 valence electrons. The summed E-state index contributed by atoms with van der Waals surface area (Å²) in [6, 6.07) is 11.6. The fraction of sp³-hybridized carbons (Fsp3) is 0.417. The molecular weight excluding hydrogens is 494 g/mol. The van der Waals surface area contributed by atoms with Gasteiger partial charge in [0.1, 0.15) is 0 Å². The summed E-state index contributed by atoms with van der Waals surface area (Å²) in [6.45, 7) is 0.941. The Hall–Kier alpha value is -2.04. The number of carbonyl (C=O) groups excluding carboxylic acids is 1. The molecule has 3 aromatic rings. The van der Waals surface area contributed by atoms with Gasteiger partial charge in [-0.25, -0.2) is 8.42 Å². The molecule has 10 heteroatoms. The number of para-hydroxylation sites is 1. The average Bonchev–Trinajstić information content (AvgIpc) is 3.20. The summed E-state index contributed by atoms with van der Waals surface area (Å²) in [7, 11) is -0.363. The van der Waals surface area contributed by atoms with Crippen molar-refractivity contribution >= 4 is 49.1 Å². The van der Waals surface area contributed by atoms with E-state index in [1.807, 2.05) is 16.7 Å². The van der Waals surface area contributed by atoms with Gasteiger partial charge in [-0.2, -0.15) is 9.30 Å². The molecule has 0 radical (unpaired) electrons. The zero-order chi connectivity index (χ0) is 24.3. The first kappa shape index (κ1) is 25.1. The van der Waals surface area contributed by atoms with Gasteiger partial charge in [-0.05, 0) is 49.2 Å². The highest BCUT2D eigenvalue weighted by Gasteiger charge is 2.29. The van der Waals surface area contributed by atoms with Crippen molar-refractivity contribution < 1.29 is 17.9 Å². The van der Waals surface area contributed by atoms with Crippen LogP contribution in [0, 0.1) is 0 Å². The van der Waals surface area contributed by atoms with Crippen LogP contribution in [0.3, 0.4) is 0 Å². The van der Waals surface area contributed by atoms with Crippen LogP contribution >= 0.6 is 22.9 Å². The Balaban J connectivity index is 1.62. The number of fused-ring (bicyclic) bond motifs is 1. The van der Waals surface area contributed by atoms with Crippen LogP contribution in [0.25, 0.3) is 10.2 Å². The highest BCUT2D eigenvalue weighted by molar-refractivity contribution is 7.89. The molecule has 1 amide bonds. The van der Waals surface area contributed by atoms with Gasteiger partial charge >= 0.3 is 0 Å². The maximum absolute atomic E-state index is 13.1. The monoisotopic (exact) mass is 521 g/mol. The first-order valence-electron chi connectivity index (χ1n) is 11.3. The normalized spacial score (nSPS) is 15.9. The van der Waals surface area contributed by atoms with E-state index >= 15 is 0 Å². The van der Waals surface area contributed by atoms with Crippen LogP contribution in [0.2, 0.25) is 5.02 Å². The van der Waals surface area contributed by atoms with Gasteiger partial charge in [0.15, 0.2) is 4.80 Å². The fourth-order valence-electron chi connectivity index (χ4n) is 4.29. The Labute approximate surface area is 208 Å². The fourth-order valence-corrected chi connectivity index (χ4v) is 7.12. The Bertz CT molecular complexity index is 1340. The van der Waals surface area contributed by atoms with Gasteiger partial charge in [-0.15, -0.1) is 0 Å². The molecule has 1 aromatic heterocycles. The minimum absolute atomic E-state index is 0.0254. The molecule has 1 heterocycles. The van der Waals surface area contributed by atoms with E-state index in [2.05, 4.69) is 4.99 Å². The van der Waals surface area contributed by atoms with Crippen molar-refractivity contribution in [1.29, 1.82) is 0 Å². The molecule has 34 heavy (non-hydrogen) atoms. The summed E-state index contributed by atoms with van der Waals surface area (Å²) in [4.78, 5) is 18.0. The molecule has 1 saturated carbocycles. The van der Waals surface area contributed by atoms with E-state index in [0.717, 1.165) is 42.3 Å². The van der Waals surface area contributed by atoms with Crippen molar-refractivity contribution in [2.24, 2.45) is 4.99 Å². The Morgan fingerprint density at radius 1 is 1.18 bits per heavy atom. The van der Waals surface area contributed by atoms with E-state index in [1.54, 1.807) is 20.2 Å². The summed E-state index contributed by atoms with van der Waals surface area (Å²) in [5.74, 6) is -0.446. The molecule has 0 N–H and O–H groups in total. The molecule has 0 spiro atoms. The van der Waals surface area contributed by atoms with Crippen LogP contribution in [0.1, 0.15) is 42.5 Å². The standard InChI is InChI=1S/C24H28ClN3O4S2/c1-27(18-7-4-3-5-8-18)34(30,31)19-13-11-17(12-14-19)23(29)26-24-28(15-16-32-2)22-20(25)9-6-10-21(22)33-24/h6,9-14,18H,3-5,7-8,15-16H2,1-2H3. The molecule has 4 rings (SSSR count). The lowest BCUT2D eigenvalue weighted by molar-refractivity contribution is 0.0997. The molecule has 0 bridgehead atoms. The summed E-state index contributed by atoms with van der Waals surface area (Å²) in [5.41, 5.74) is 1.13. The van der Waals surface area contributed by atoms with Gasteiger partial charge in [0, 0.05) is 32.3 Å². The van der Waals surface area contributed by atoms with Gasteiger partial charge < -0.3 is 9.30 Å². The Morgan fingerprint density at radius 3 is 2.56 bits per heavy atom. The number of aromatic nitrogens is 1. The average molecular weight is 522 g/mol. The van der Waals surface area contributed by atoms with Crippen molar-refractivity contribution in [2.45, 2.75) is 49.6 Å². The van der Waals surface area contributed by atoms with Crippen LogP contribution in [0.5, 0.6) is 0 Å². The summed E-state index contributed by atoms with van der Waals surface area (Å²) >= 11 is 7.78. The zero-order valence-electron chi connectivity index (χ0n) is 19.2. The zero-order valence-corrected chi connectivity index (χ0v) is 21.6. The number of rotatable bonds is 7. The largest absolute Gasteiger partial charge is 0.383 e. The van der Waals surface area contributed by atoms with Crippen molar-refractivity contribution in [3.05, 3.63) is 57.9 Å². The van der Waals surface area contributed by atoms with E-state index in [4.69, 9.17) is 16.3 Å². The second kappa shape index (κ2) is 10.7. The minimum Gasteiger partial charge on any atom is -0.383 e. The lowest BCUT2D eigenvalue weighted by Gasteiger charge is -2.30. The van der Waals surface area contributed by atoms with Crippen LogP contribution in [0.15, 0.2) is 52.4 Å². The molecule has 1 fully saturated rings. The Kier molecular flexibility index (Phi) is 7.89. The highest BCUT2D eigenvalue weighted by Crippen LogP contribution is 2.27. The quantitative estimate of drug-likeness (QED) is 0.451. The smallest absolute Gasteiger partial charge is 0.279 e. The minimum atomic E-state index is -3.62. The first-order valence-corrected chi connectivity index (χ1v) is 13.9. The number of nitrogens with zero attached hydrogens (tertiary/aromatic N) is 3. The molecule has 0 saturated heterocycles. The highest BCUT2D eigenvalue weighted by atomic mass is 35.5. The molecule has 7 nitrogen and oxygen atoms in total. The maximum atomic E-state index is 13.1. The van der Waals surface area contributed by atoms with Crippen LogP contribution in [0.4, 0.5) is 0 Å². The molecular formula is C24H28ClN3O4S2. The van der Waals surface area contributed by atoms with Crippen molar-refractivity contribution in [1.82, 2.24) is 8.87 Å². The van der Waals surface area contributed by atoms with Gasteiger partial charge in [0.05, 0.1) is 26.7 Å². The molecule has 0 atom stereocenters. The number of sulfonamides is 1. The lowest BCUT2D eigenvalue weighted by atomic mass is 9.96. The van der Waals surface area contributed by atoms with E-state index < -0.39 is 15.9 Å². The van der Waals surface area contributed by atoms with Crippen LogP contribution in [-0.4, -0.2) is 50.0 Å². The van der Waals surface area contributed by atoms with E-state index in [1.165, 1.54) is 39.9 Å². The van der Waals surface area contributed by atoms with Crippen molar-refractivity contribution in [2.75, 3.05) is 20.8 Å². The predicted molar refractivity (Wildman–Crippen MR) is 135 cm³/mol. The van der Waals surface area contributed by atoms with E-state index in [0.29, 0.717) is 28.5 Å². The molecule has 2 aromatic carbocycles. The van der Waals surface area contributed by atoms with Crippen LogP contribution < -0.4 is 4.80 Å². The molecule has 0 aliphatic heterocycles. The maximum Gasteiger partial charge on any atom is 0.279 e. The molecule has 1 aliphatic carbocycles. The number of ether oxygens (including phenoxy) is 1. The second-order valence-corrected chi connectivity index (χ2v) is 11.8. The number of benzene rings is 2. The van der Waals surface area contributed by atoms with Crippen molar-refractivity contribution in [3.8, 4) is 0 Å². The summed E-state index contributed by atoms with van der Waals surface area (Å²) in [5, 5.41) is 0.579. The lowest BCUT2D eigenvalue weighted by Crippen LogP contribution is -2.38. The van der Waals surface area contributed by atoms with Crippen LogP contribution in [-0.2, 0) is 21.3 Å². The second-order valence-electron chi connectivity index (χ2n) is 8.37. The van der Waals surface area contributed by atoms with Crippen molar-refractivity contribution in [3.63, 3.8) is 0 Å². The number of hydrogen-bond acceptors (Lipinski definition) is 5. The summed E-state index contributed by atoms with van der Waals surface area (Å²) < 4.78 is 35.6. The third kappa shape index (κ3) is 5.13. The first-order chi connectivity index (χ1) is 16.3. The number of halogens is 1. The number of carbonyl (C=O) groups is 1. The number of methoxy groups -OCH3 is 1. The Morgan fingerprint density at radius 2 is 1.88 bits per heavy atom. The third-order valence-corrected chi connectivity index (χ3v) is 9.51. The number of thiazole rings is 1.